The van der Waals surface area contributed by atoms with Gasteiger partial charge in [0.15, 0.2) is 0 Å². The second-order valence-electron chi connectivity index (χ2n) is 14.4. The number of fused-ring (bicyclic) bond motifs is 2. The molecule has 0 aliphatic carbocycles. The molecule has 0 nitrogen and oxygen atoms in total. The maximum atomic E-state index is 2.50. The molecular weight excluding hydrogens is 711 g/mol. The van der Waals surface area contributed by atoms with E-state index in [4.69, 9.17) is 0 Å². The Labute approximate surface area is 287 Å². The largest absolute Gasteiger partial charge is 4.00 e. The first kappa shape index (κ1) is 35.7. The quantitative estimate of drug-likeness (QED) is 0.124. The average molecular weight is 759 g/mol. The van der Waals surface area contributed by atoms with Crippen LogP contribution < -0.4 is 10.4 Å². The van der Waals surface area contributed by atoms with E-state index < -0.39 is 8.07 Å². The fourth-order valence-electron chi connectivity index (χ4n) is 6.16. The summed E-state index contributed by atoms with van der Waals surface area (Å²) in [4.78, 5) is 0. The fraction of sp³-hybridized carbons (Fsp3) is 0.238. The number of rotatable bonds is 4. The van der Waals surface area contributed by atoms with Crippen LogP contribution in [0, 0.1) is 14.9 Å². The van der Waals surface area contributed by atoms with Gasteiger partial charge in [-0.15, -0.1) is 68.3 Å². The van der Waals surface area contributed by atoms with E-state index in [1.165, 1.54) is 65.3 Å². The monoisotopic (exact) mass is 760 g/mol. The summed E-state index contributed by atoms with van der Waals surface area (Å²) in [5.74, 6) is 0. The van der Waals surface area contributed by atoms with E-state index in [2.05, 4.69) is 164 Å². The third kappa shape index (κ3) is 6.58. The molecule has 2 heteroatoms. The predicted octanol–water partition coefficient (Wildman–Crippen LogP) is 11.1. The normalized spacial score (nSPS) is 12.0. The van der Waals surface area contributed by atoms with Gasteiger partial charge in [-0.2, -0.15) is 12.1 Å². The van der Waals surface area contributed by atoms with Crippen LogP contribution in [0.1, 0.15) is 52.7 Å². The summed E-state index contributed by atoms with van der Waals surface area (Å²) in [6.07, 6.45) is 0. The van der Waals surface area contributed by atoms with E-state index >= 15 is 0 Å². The Morgan fingerprint density at radius 1 is 0.500 bits per heavy atom. The Kier molecular flexibility index (Phi) is 10.4. The fourth-order valence-corrected chi connectivity index (χ4v) is 8.54. The van der Waals surface area contributed by atoms with Gasteiger partial charge in [-0.25, -0.2) is 0 Å². The first-order valence-corrected chi connectivity index (χ1v) is 17.9. The third-order valence-corrected chi connectivity index (χ3v) is 12.5. The molecule has 0 N–H and O–H groups in total. The molecule has 0 unspecified atom stereocenters. The van der Waals surface area contributed by atoms with Crippen LogP contribution in [0.15, 0.2) is 109 Å². The minimum Gasteiger partial charge on any atom is -0.358 e. The van der Waals surface area contributed by atoms with Crippen molar-refractivity contribution in [3.8, 4) is 22.3 Å². The van der Waals surface area contributed by atoms with E-state index in [0.29, 0.717) is 0 Å². The van der Waals surface area contributed by atoms with Crippen molar-refractivity contribution in [3.05, 3.63) is 135 Å². The summed E-state index contributed by atoms with van der Waals surface area (Å²) in [6.45, 7) is 18.7. The van der Waals surface area contributed by atoms with Gasteiger partial charge in [0.05, 0.1) is 8.07 Å². The molecule has 0 heterocycles. The first-order chi connectivity index (χ1) is 19.3. The van der Waals surface area contributed by atoms with Gasteiger partial charge in [0.1, 0.15) is 0 Å². The van der Waals surface area contributed by atoms with Crippen LogP contribution in [0.25, 0.3) is 43.8 Å². The molecule has 0 saturated carbocycles. The van der Waals surface area contributed by atoms with Crippen molar-refractivity contribution in [3.63, 3.8) is 0 Å². The summed E-state index contributed by atoms with van der Waals surface area (Å²) in [7, 11) is -1.94. The smallest absolute Gasteiger partial charge is 0.358 e. The Balaban J connectivity index is 0.00000176. The van der Waals surface area contributed by atoms with Crippen molar-refractivity contribution in [2.75, 3.05) is 0 Å². The van der Waals surface area contributed by atoms with Crippen LogP contribution in [0.3, 0.4) is 0 Å². The van der Waals surface area contributed by atoms with Gasteiger partial charge in [0.2, 0.25) is 0 Å². The maximum absolute atomic E-state index is 2.50. The molecule has 224 valence electrons. The van der Waals surface area contributed by atoms with Crippen molar-refractivity contribution >= 4 is 40.0 Å². The van der Waals surface area contributed by atoms with Gasteiger partial charge in [0, 0.05) is 0 Å². The molecule has 6 aromatic carbocycles. The molecule has 0 aliphatic rings. The van der Waals surface area contributed by atoms with Crippen molar-refractivity contribution in [2.45, 2.75) is 65.5 Å². The van der Waals surface area contributed by atoms with E-state index in [1.54, 1.807) is 0 Å². The second kappa shape index (κ2) is 12.9. The van der Waals surface area contributed by atoms with Gasteiger partial charge < -0.3 is 14.9 Å². The van der Waals surface area contributed by atoms with Crippen LogP contribution >= 0.6 is 0 Å². The Morgan fingerprint density at radius 3 is 1.16 bits per heavy atom. The van der Waals surface area contributed by atoms with Crippen molar-refractivity contribution in [1.82, 2.24) is 0 Å². The summed E-state index contributed by atoms with van der Waals surface area (Å²) < 4.78 is 0. The Hall–Kier alpha value is -2.81. The first-order valence-electron chi connectivity index (χ1n) is 14.9. The Morgan fingerprint density at radius 2 is 0.841 bits per heavy atom. The third-order valence-electron chi connectivity index (χ3n) is 9.07. The number of hydrogen-bond donors (Lipinski definition) is 0. The second-order valence-corrected chi connectivity index (χ2v) is 18.8. The molecule has 44 heavy (non-hydrogen) atoms. The standard InChI is InChI=1S/C40H42Si.2CH3.Hf/c1-39(2,3)31-19-15-27(16-20-31)35-13-9-11-29-23-33(25-37(29)35)41(7,8)34-24-30-12-10-14-36(38(30)26-34)28-17-21-32(22-18-28)40(4,5)6;;;/h9-26H,1-8H3;2*1H3;/q-2;2*-1;+4. The van der Waals surface area contributed by atoms with Crippen LogP contribution in [0.4, 0.5) is 0 Å². The van der Waals surface area contributed by atoms with Crippen LogP contribution in [-0.2, 0) is 36.7 Å². The van der Waals surface area contributed by atoms with E-state index in [0.717, 1.165) is 0 Å². The molecule has 6 aromatic rings. The molecule has 0 radical (unpaired) electrons. The molecule has 0 amide bonds. The summed E-state index contributed by atoms with van der Waals surface area (Å²) in [6, 6.07) is 41.8. The topological polar surface area (TPSA) is 0 Å². The maximum Gasteiger partial charge on any atom is 4.00 e. The average Bonchev–Trinajstić information content (AvgIpc) is 3.58. The van der Waals surface area contributed by atoms with Gasteiger partial charge in [-0.1, -0.05) is 126 Å². The molecular formula is C42H48HfSi. The molecule has 0 saturated heterocycles. The minimum absolute atomic E-state index is 0. The van der Waals surface area contributed by atoms with Gasteiger partial charge in [-0.05, 0) is 33.1 Å². The molecule has 0 fully saturated rings. The van der Waals surface area contributed by atoms with Crippen molar-refractivity contribution < 1.29 is 25.8 Å². The zero-order valence-corrected chi connectivity index (χ0v) is 33.0. The molecule has 0 atom stereocenters. The minimum atomic E-state index is -1.94. The van der Waals surface area contributed by atoms with Crippen LogP contribution in [0.5, 0.6) is 0 Å². The van der Waals surface area contributed by atoms with Gasteiger partial charge in [-0.3, -0.25) is 0 Å². The molecule has 6 rings (SSSR count). The van der Waals surface area contributed by atoms with E-state index in [9.17, 15) is 0 Å². The van der Waals surface area contributed by atoms with E-state index in [1.807, 2.05) is 0 Å². The van der Waals surface area contributed by atoms with Crippen molar-refractivity contribution in [2.24, 2.45) is 0 Å². The zero-order chi connectivity index (χ0) is 29.2. The molecule has 0 bridgehead atoms. The number of hydrogen-bond acceptors (Lipinski definition) is 0. The van der Waals surface area contributed by atoms with Crippen LogP contribution in [0.2, 0.25) is 13.1 Å². The molecule has 0 aromatic heterocycles. The Bertz CT molecular complexity index is 1710. The van der Waals surface area contributed by atoms with Gasteiger partial charge >= 0.3 is 25.8 Å². The summed E-state index contributed by atoms with van der Waals surface area (Å²) >= 11 is 0. The molecule has 0 aliphatic heterocycles. The summed E-state index contributed by atoms with van der Waals surface area (Å²) in [5.41, 5.74) is 8.30. The molecule has 0 spiro atoms. The predicted molar refractivity (Wildman–Crippen MR) is 197 cm³/mol. The zero-order valence-electron chi connectivity index (χ0n) is 28.4. The van der Waals surface area contributed by atoms with Gasteiger partial charge in [0.25, 0.3) is 0 Å². The van der Waals surface area contributed by atoms with E-state index in [-0.39, 0.29) is 51.5 Å². The number of benzene rings is 4. The summed E-state index contributed by atoms with van der Waals surface area (Å²) in [5, 5.41) is 8.40. The van der Waals surface area contributed by atoms with Crippen molar-refractivity contribution in [1.29, 1.82) is 0 Å². The SMILES string of the molecule is CC(C)(C)c1ccc(-c2cccc3[cH-]c([Si](C)(C)c4cc5c(-c6ccc(C(C)(C)C)cc6)cccc5[cH-]4)cc23)cc1.[CH3-].[CH3-].[Hf+4]. The van der Waals surface area contributed by atoms with Crippen LogP contribution in [-0.4, -0.2) is 8.07 Å².